The number of benzene rings is 3. The van der Waals surface area contributed by atoms with E-state index in [1.165, 1.54) is 16.7 Å². The Hall–Kier alpha value is -3.45. The molecule has 0 spiro atoms. The summed E-state index contributed by atoms with van der Waals surface area (Å²) in [5, 5.41) is 5.22. The van der Waals surface area contributed by atoms with Crippen molar-refractivity contribution in [2.45, 2.75) is 58.5 Å². The summed E-state index contributed by atoms with van der Waals surface area (Å²) in [6, 6.07) is 19.6. The molecule has 0 bridgehead atoms. The van der Waals surface area contributed by atoms with Crippen LogP contribution in [0.2, 0.25) is 0 Å². The van der Waals surface area contributed by atoms with Crippen molar-refractivity contribution in [3.8, 4) is 11.5 Å². The third kappa shape index (κ3) is 5.99. The smallest absolute Gasteiger partial charge is 0.282 e. The van der Waals surface area contributed by atoms with Crippen LogP contribution in [0.25, 0.3) is 10.9 Å². The Morgan fingerprint density at radius 2 is 1.79 bits per heavy atom. The summed E-state index contributed by atoms with van der Waals surface area (Å²) < 4.78 is 14.3. The molecule has 0 amide bonds. The molecule has 0 aliphatic heterocycles. The van der Waals surface area contributed by atoms with Gasteiger partial charge >= 0.3 is 0 Å². The Kier molecular flexibility index (Phi) is 8.23. The molecule has 5 rings (SSSR count). The van der Waals surface area contributed by atoms with Gasteiger partial charge in [0.25, 0.3) is 5.56 Å². The van der Waals surface area contributed by atoms with Gasteiger partial charge in [-0.1, -0.05) is 65.0 Å². The van der Waals surface area contributed by atoms with Crippen LogP contribution in [-0.2, 0) is 6.61 Å². The van der Waals surface area contributed by atoms with Gasteiger partial charge in [-0.3, -0.25) is 4.79 Å². The second kappa shape index (κ2) is 11.9. The van der Waals surface area contributed by atoms with Crippen LogP contribution in [0, 0.1) is 6.92 Å². The van der Waals surface area contributed by atoms with Gasteiger partial charge in [-0.05, 0) is 74.2 Å². The van der Waals surface area contributed by atoms with Crippen molar-refractivity contribution in [1.82, 2.24) is 9.66 Å². The van der Waals surface area contributed by atoms with E-state index < -0.39 is 0 Å². The molecule has 7 heteroatoms. The zero-order valence-electron chi connectivity index (χ0n) is 21.8. The molecule has 0 N–H and O–H groups in total. The molecule has 1 aromatic heterocycles. The summed E-state index contributed by atoms with van der Waals surface area (Å²) in [5.41, 5.74) is 3.67. The lowest BCUT2D eigenvalue weighted by Gasteiger charge is -2.22. The van der Waals surface area contributed by atoms with Crippen molar-refractivity contribution < 1.29 is 9.47 Å². The van der Waals surface area contributed by atoms with Gasteiger partial charge in [0.15, 0.2) is 11.5 Å². The Bertz CT molecular complexity index is 1510. The van der Waals surface area contributed by atoms with Gasteiger partial charge in [0.1, 0.15) is 12.4 Å². The Labute approximate surface area is 231 Å². The van der Waals surface area contributed by atoms with Gasteiger partial charge in [-0.25, -0.2) is 4.98 Å². The van der Waals surface area contributed by atoms with Crippen LogP contribution in [0.15, 0.2) is 75.0 Å². The van der Waals surface area contributed by atoms with Crippen LogP contribution in [0.5, 0.6) is 11.5 Å². The third-order valence-corrected chi connectivity index (χ3v) is 7.40. The zero-order chi connectivity index (χ0) is 26.5. The van der Waals surface area contributed by atoms with E-state index in [4.69, 9.17) is 14.5 Å². The minimum atomic E-state index is -0.156. The molecule has 0 atom stereocenters. The van der Waals surface area contributed by atoms with E-state index in [-0.39, 0.29) is 11.5 Å². The van der Waals surface area contributed by atoms with Crippen molar-refractivity contribution >= 4 is 33.0 Å². The molecular weight excluding hydrogens is 542 g/mol. The first kappa shape index (κ1) is 26.2. The number of nitrogens with zero attached hydrogens (tertiary/aromatic N) is 3. The lowest BCUT2D eigenvalue weighted by molar-refractivity contribution is 0.269. The van der Waals surface area contributed by atoms with Crippen LogP contribution in [0.3, 0.4) is 0 Å². The molecule has 0 unspecified atom stereocenters. The highest BCUT2D eigenvalue weighted by molar-refractivity contribution is 9.10. The van der Waals surface area contributed by atoms with Crippen molar-refractivity contribution in [1.29, 1.82) is 0 Å². The molecule has 3 aromatic carbocycles. The minimum absolute atomic E-state index is 0.156. The minimum Gasteiger partial charge on any atom is -0.490 e. The number of ether oxygens (including phenoxy) is 2. The average Bonchev–Trinajstić information content (AvgIpc) is 2.94. The van der Waals surface area contributed by atoms with Crippen LogP contribution in [0.4, 0.5) is 0 Å². The summed E-state index contributed by atoms with van der Waals surface area (Å²) in [6.07, 6.45) is 7.25. The summed E-state index contributed by atoms with van der Waals surface area (Å²) in [5.74, 6) is 2.27. The summed E-state index contributed by atoms with van der Waals surface area (Å²) in [4.78, 5) is 18.5. The molecule has 4 aromatic rings. The van der Waals surface area contributed by atoms with E-state index in [0.29, 0.717) is 35.6 Å². The van der Waals surface area contributed by atoms with Gasteiger partial charge in [0.2, 0.25) is 0 Å². The second-order valence-corrected chi connectivity index (χ2v) is 10.7. The first-order valence-corrected chi connectivity index (χ1v) is 14.0. The summed E-state index contributed by atoms with van der Waals surface area (Å²) >= 11 is 3.48. The predicted molar refractivity (Wildman–Crippen MR) is 156 cm³/mol. The van der Waals surface area contributed by atoms with Crippen molar-refractivity contribution in [3.05, 3.63) is 98.0 Å². The highest BCUT2D eigenvalue weighted by Gasteiger charge is 2.22. The van der Waals surface area contributed by atoms with E-state index in [1.54, 1.807) is 6.21 Å². The lowest BCUT2D eigenvalue weighted by atomic mass is 9.88. The van der Waals surface area contributed by atoms with Crippen molar-refractivity contribution in [2.24, 2.45) is 5.10 Å². The number of aryl methyl sites for hydroxylation is 1. The maximum absolute atomic E-state index is 13.6. The molecule has 1 heterocycles. The standard InChI is InChI=1S/C31H32BrN3O3/c1-3-37-29-17-23(13-16-28(29)38-20-22-11-9-21(2)10-12-22)19-33-35-30(24-7-5-4-6-8-24)34-27-15-14-25(32)18-26(27)31(35)36/h9-19,24H,3-8,20H2,1-2H3. The lowest BCUT2D eigenvalue weighted by Crippen LogP contribution is -2.25. The molecule has 1 aliphatic rings. The van der Waals surface area contributed by atoms with E-state index in [2.05, 4.69) is 52.2 Å². The van der Waals surface area contributed by atoms with Gasteiger partial charge in [0, 0.05) is 10.4 Å². The third-order valence-electron chi connectivity index (χ3n) is 6.91. The van der Waals surface area contributed by atoms with Crippen molar-refractivity contribution in [3.63, 3.8) is 0 Å². The summed E-state index contributed by atoms with van der Waals surface area (Å²) in [6.45, 7) is 4.97. The maximum Gasteiger partial charge on any atom is 0.282 e. The van der Waals surface area contributed by atoms with Gasteiger partial charge < -0.3 is 9.47 Å². The van der Waals surface area contributed by atoms with Crippen LogP contribution in [0.1, 0.15) is 67.5 Å². The fraction of sp³-hybridized carbons (Fsp3) is 0.323. The largest absolute Gasteiger partial charge is 0.490 e. The molecule has 6 nitrogen and oxygen atoms in total. The Balaban J connectivity index is 1.46. The van der Waals surface area contributed by atoms with Crippen LogP contribution in [-0.4, -0.2) is 22.5 Å². The average molecular weight is 575 g/mol. The highest BCUT2D eigenvalue weighted by Crippen LogP contribution is 2.32. The SMILES string of the molecule is CCOc1cc(C=Nn2c(C3CCCCC3)nc3ccc(Br)cc3c2=O)ccc1OCc1ccc(C)cc1. The molecule has 1 aliphatic carbocycles. The number of hydrogen-bond donors (Lipinski definition) is 0. The predicted octanol–water partition coefficient (Wildman–Crippen LogP) is 7.38. The van der Waals surface area contributed by atoms with Crippen LogP contribution < -0.4 is 15.0 Å². The number of fused-ring (bicyclic) bond motifs is 1. The highest BCUT2D eigenvalue weighted by atomic mass is 79.9. The fourth-order valence-electron chi connectivity index (χ4n) is 4.86. The van der Waals surface area contributed by atoms with Gasteiger partial charge in [-0.2, -0.15) is 9.78 Å². The first-order chi connectivity index (χ1) is 18.5. The second-order valence-electron chi connectivity index (χ2n) is 9.74. The normalized spacial score (nSPS) is 14.3. The zero-order valence-corrected chi connectivity index (χ0v) is 23.4. The molecule has 196 valence electrons. The number of hydrogen-bond acceptors (Lipinski definition) is 5. The monoisotopic (exact) mass is 573 g/mol. The van der Waals surface area contributed by atoms with Gasteiger partial charge in [0.05, 0.1) is 23.7 Å². The molecule has 1 fully saturated rings. The summed E-state index contributed by atoms with van der Waals surface area (Å²) in [7, 11) is 0. The maximum atomic E-state index is 13.6. The van der Waals surface area contributed by atoms with E-state index >= 15 is 0 Å². The topological polar surface area (TPSA) is 65.7 Å². The van der Waals surface area contributed by atoms with Gasteiger partial charge in [-0.15, -0.1) is 0 Å². The molecule has 0 saturated heterocycles. The molecule has 1 saturated carbocycles. The fourth-order valence-corrected chi connectivity index (χ4v) is 5.23. The Morgan fingerprint density at radius 1 is 1.00 bits per heavy atom. The molecule has 0 radical (unpaired) electrons. The quantitative estimate of drug-likeness (QED) is 0.206. The number of rotatable bonds is 8. The number of halogens is 1. The number of aromatic nitrogens is 2. The Morgan fingerprint density at radius 3 is 2.55 bits per heavy atom. The van der Waals surface area contributed by atoms with Crippen LogP contribution >= 0.6 is 15.9 Å². The van der Waals surface area contributed by atoms with E-state index in [0.717, 1.165) is 47.1 Å². The van der Waals surface area contributed by atoms with E-state index in [1.807, 2.05) is 43.3 Å². The molecular formula is C31H32BrN3O3. The van der Waals surface area contributed by atoms with E-state index in [9.17, 15) is 4.79 Å². The first-order valence-electron chi connectivity index (χ1n) is 13.2. The van der Waals surface area contributed by atoms with Crippen molar-refractivity contribution in [2.75, 3.05) is 6.61 Å². The molecule has 38 heavy (non-hydrogen) atoms.